The molecule has 0 radical (unpaired) electrons. The third kappa shape index (κ3) is 3.75. The first-order valence-corrected chi connectivity index (χ1v) is 6.07. The van der Waals surface area contributed by atoms with Crippen molar-refractivity contribution in [2.75, 3.05) is 14.2 Å². The van der Waals surface area contributed by atoms with Crippen LogP contribution in [0.2, 0.25) is 0 Å². The summed E-state index contributed by atoms with van der Waals surface area (Å²) < 4.78 is 15.4. The normalized spacial score (nSPS) is 10.9. The van der Waals surface area contributed by atoms with Crippen molar-refractivity contribution in [2.24, 2.45) is 0 Å². The lowest BCUT2D eigenvalue weighted by atomic mass is 10.1. The molecule has 5 heteroatoms. The molecular formula is C15H17NO4. The SMILES string of the molecule is COc1cccc(/C=C(/C#N)C(=O)OC(C)C)c1OC. The van der Waals surface area contributed by atoms with Crippen LogP contribution < -0.4 is 9.47 Å². The van der Waals surface area contributed by atoms with Gasteiger partial charge in [-0.3, -0.25) is 0 Å². The van der Waals surface area contributed by atoms with Crippen molar-refractivity contribution in [1.82, 2.24) is 0 Å². The van der Waals surface area contributed by atoms with Crippen molar-refractivity contribution in [1.29, 1.82) is 5.26 Å². The number of para-hydroxylation sites is 1. The number of carbonyl (C=O) groups excluding carboxylic acids is 1. The van der Waals surface area contributed by atoms with Crippen LogP contribution in [-0.2, 0) is 9.53 Å². The van der Waals surface area contributed by atoms with Gasteiger partial charge in [0.1, 0.15) is 11.6 Å². The summed E-state index contributed by atoms with van der Waals surface area (Å²) in [6, 6.07) is 7.04. The monoisotopic (exact) mass is 275 g/mol. The van der Waals surface area contributed by atoms with E-state index >= 15 is 0 Å². The molecule has 0 heterocycles. The minimum atomic E-state index is -0.660. The lowest BCUT2D eigenvalue weighted by Crippen LogP contribution is -2.12. The van der Waals surface area contributed by atoms with Crippen LogP contribution in [0.1, 0.15) is 19.4 Å². The fourth-order valence-corrected chi connectivity index (χ4v) is 1.60. The smallest absolute Gasteiger partial charge is 0.349 e. The van der Waals surface area contributed by atoms with Crippen LogP contribution in [-0.4, -0.2) is 26.3 Å². The highest BCUT2D eigenvalue weighted by Crippen LogP contribution is 2.32. The summed E-state index contributed by atoms with van der Waals surface area (Å²) in [5.41, 5.74) is 0.481. The standard InChI is InChI=1S/C15H17NO4/c1-10(2)20-15(17)12(9-16)8-11-6-5-7-13(18-3)14(11)19-4/h5-8,10H,1-4H3/b12-8-. The number of rotatable bonds is 5. The topological polar surface area (TPSA) is 68.5 Å². The molecule has 0 unspecified atom stereocenters. The summed E-state index contributed by atoms with van der Waals surface area (Å²) in [6.07, 6.45) is 1.14. The van der Waals surface area contributed by atoms with E-state index in [-0.39, 0.29) is 11.7 Å². The molecule has 0 spiro atoms. The first-order chi connectivity index (χ1) is 9.53. The minimum absolute atomic E-state index is 0.0924. The molecule has 106 valence electrons. The van der Waals surface area contributed by atoms with Crippen LogP contribution in [0, 0.1) is 11.3 Å². The quantitative estimate of drug-likeness (QED) is 0.469. The Labute approximate surface area is 118 Å². The zero-order valence-corrected chi connectivity index (χ0v) is 12.0. The van der Waals surface area contributed by atoms with Crippen molar-refractivity contribution in [3.05, 3.63) is 29.3 Å². The molecule has 1 aromatic carbocycles. The minimum Gasteiger partial charge on any atom is -0.493 e. The van der Waals surface area contributed by atoms with E-state index in [4.69, 9.17) is 19.5 Å². The van der Waals surface area contributed by atoms with Gasteiger partial charge in [-0.25, -0.2) is 4.79 Å². The molecule has 0 amide bonds. The van der Waals surface area contributed by atoms with Gasteiger partial charge in [0.25, 0.3) is 0 Å². The van der Waals surface area contributed by atoms with Crippen LogP contribution in [0.25, 0.3) is 6.08 Å². The van der Waals surface area contributed by atoms with E-state index < -0.39 is 5.97 Å². The summed E-state index contributed by atoms with van der Waals surface area (Å²) >= 11 is 0. The number of ether oxygens (including phenoxy) is 3. The second-order valence-corrected chi connectivity index (χ2v) is 4.21. The van der Waals surface area contributed by atoms with Crippen LogP contribution in [0.3, 0.4) is 0 Å². The zero-order valence-electron chi connectivity index (χ0n) is 12.0. The Kier molecular flexibility index (Phi) is 5.60. The Morgan fingerprint density at radius 1 is 1.30 bits per heavy atom. The molecule has 0 aliphatic heterocycles. The summed E-state index contributed by atoms with van der Waals surface area (Å²) in [5, 5.41) is 9.07. The number of benzene rings is 1. The Morgan fingerprint density at radius 2 is 2.00 bits per heavy atom. The average Bonchev–Trinajstić information content (AvgIpc) is 2.43. The number of carbonyl (C=O) groups is 1. The highest BCUT2D eigenvalue weighted by molar-refractivity contribution is 5.98. The Hall–Kier alpha value is -2.48. The van der Waals surface area contributed by atoms with Crippen LogP contribution in [0.5, 0.6) is 11.5 Å². The van der Waals surface area contributed by atoms with Gasteiger partial charge in [-0.05, 0) is 26.0 Å². The van der Waals surface area contributed by atoms with E-state index in [1.807, 2.05) is 6.07 Å². The van der Waals surface area contributed by atoms with Crippen molar-refractivity contribution in [3.8, 4) is 17.6 Å². The molecule has 0 saturated carbocycles. The highest BCUT2D eigenvalue weighted by atomic mass is 16.5. The van der Waals surface area contributed by atoms with E-state index in [0.717, 1.165) is 0 Å². The van der Waals surface area contributed by atoms with Gasteiger partial charge in [0, 0.05) is 5.56 Å². The van der Waals surface area contributed by atoms with E-state index in [0.29, 0.717) is 17.1 Å². The van der Waals surface area contributed by atoms with E-state index in [1.165, 1.54) is 20.3 Å². The van der Waals surface area contributed by atoms with Crippen molar-refractivity contribution in [2.45, 2.75) is 20.0 Å². The van der Waals surface area contributed by atoms with Gasteiger partial charge in [-0.1, -0.05) is 12.1 Å². The number of methoxy groups -OCH3 is 2. The molecule has 0 fully saturated rings. The number of nitrogens with zero attached hydrogens (tertiary/aromatic N) is 1. The van der Waals surface area contributed by atoms with E-state index in [9.17, 15) is 4.79 Å². The van der Waals surface area contributed by atoms with Gasteiger partial charge >= 0.3 is 5.97 Å². The van der Waals surface area contributed by atoms with Crippen molar-refractivity contribution in [3.63, 3.8) is 0 Å². The second-order valence-electron chi connectivity index (χ2n) is 4.21. The molecule has 20 heavy (non-hydrogen) atoms. The Morgan fingerprint density at radius 3 is 2.50 bits per heavy atom. The van der Waals surface area contributed by atoms with Gasteiger partial charge < -0.3 is 14.2 Å². The molecule has 1 rings (SSSR count). The van der Waals surface area contributed by atoms with Gasteiger partial charge in [0.15, 0.2) is 11.5 Å². The predicted molar refractivity (Wildman–Crippen MR) is 74.4 cm³/mol. The van der Waals surface area contributed by atoms with Gasteiger partial charge in [-0.15, -0.1) is 0 Å². The van der Waals surface area contributed by atoms with Gasteiger partial charge in [0.2, 0.25) is 0 Å². The second kappa shape index (κ2) is 7.19. The molecule has 0 atom stereocenters. The lowest BCUT2D eigenvalue weighted by molar-refractivity contribution is -0.142. The van der Waals surface area contributed by atoms with Gasteiger partial charge in [-0.2, -0.15) is 5.26 Å². The Balaban J connectivity index is 3.20. The summed E-state index contributed by atoms with van der Waals surface area (Å²) in [7, 11) is 3.01. The number of nitriles is 1. The maximum Gasteiger partial charge on any atom is 0.349 e. The van der Waals surface area contributed by atoms with Gasteiger partial charge in [0.05, 0.1) is 20.3 Å². The number of hydrogen-bond acceptors (Lipinski definition) is 5. The fraction of sp³-hybridized carbons (Fsp3) is 0.333. The average molecular weight is 275 g/mol. The molecule has 0 saturated heterocycles. The van der Waals surface area contributed by atoms with Crippen molar-refractivity contribution < 1.29 is 19.0 Å². The first kappa shape index (κ1) is 15.6. The molecule has 0 aliphatic rings. The third-order valence-corrected chi connectivity index (χ3v) is 2.42. The molecule has 0 aromatic heterocycles. The highest BCUT2D eigenvalue weighted by Gasteiger charge is 2.15. The van der Waals surface area contributed by atoms with Crippen LogP contribution in [0.4, 0.5) is 0 Å². The molecule has 1 aromatic rings. The Bertz CT molecular complexity index is 555. The molecule has 0 N–H and O–H groups in total. The van der Waals surface area contributed by atoms with Crippen LogP contribution in [0.15, 0.2) is 23.8 Å². The van der Waals surface area contributed by atoms with Crippen LogP contribution >= 0.6 is 0 Å². The molecule has 5 nitrogen and oxygen atoms in total. The largest absolute Gasteiger partial charge is 0.493 e. The maximum atomic E-state index is 11.8. The fourth-order valence-electron chi connectivity index (χ4n) is 1.60. The summed E-state index contributed by atoms with van der Waals surface area (Å²) in [6.45, 7) is 3.44. The first-order valence-electron chi connectivity index (χ1n) is 6.07. The number of esters is 1. The molecular weight excluding hydrogens is 258 g/mol. The zero-order chi connectivity index (χ0) is 15.1. The summed E-state index contributed by atoms with van der Waals surface area (Å²) in [5.74, 6) is 0.322. The van der Waals surface area contributed by atoms with Crippen molar-refractivity contribution >= 4 is 12.0 Å². The molecule has 0 bridgehead atoms. The van der Waals surface area contributed by atoms with E-state index in [1.54, 1.807) is 32.0 Å². The van der Waals surface area contributed by atoms with E-state index in [2.05, 4.69) is 0 Å². The number of hydrogen-bond donors (Lipinski definition) is 0. The predicted octanol–water partition coefficient (Wildman–Crippen LogP) is 2.56. The lowest BCUT2D eigenvalue weighted by Gasteiger charge is -2.11. The summed E-state index contributed by atoms with van der Waals surface area (Å²) in [4.78, 5) is 11.8. The molecule has 0 aliphatic carbocycles. The third-order valence-electron chi connectivity index (χ3n) is 2.42. The maximum absolute atomic E-state index is 11.8.